The van der Waals surface area contributed by atoms with Crippen molar-refractivity contribution in [1.82, 2.24) is 0 Å². The van der Waals surface area contributed by atoms with Crippen LogP contribution in [0.4, 0.5) is 14.5 Å². The van der Waals surface area contributed by atoms with E-state index < -0.39 is 25.4 Å². The molecule has 0 bridgehead atoms. The van der Waals surface area contributed by atoms with Gasteiger partial charge in [-0.2, -0.15) is 0 Å². The number of anilines is 1. The lowest BCUT2D eigenvalue weighted by atomic mass is 10.1. The van der Waals surface area contributed by atoms with Crippen LogP contribution in [0, 0.1) is 0 Å². The summed E-state index contributed by atoms with van der Waals surface area (Å²) in [4.78, 5) is 12.2. The fourth-order valence-corrected chi connectivity index (χ4v) is 1.76. The molecule has 0 aromatic heterocycles. The van der Waals surface area contributed by atoms with E-state index in [1.54, 1.807) is 29.2 Å². The van der Waals surface area contributed by atoms with Crippen LogP contribution in [0.25, 0.3) is 0 Å². The Morgan fingerprint density at radius 3 is 2.16 bits per heavy atom. The predicted octanol–water partition coefficient (Wildman–Crippen LogP) is 1.39. The second kappa shape index (κ2) is 7.68. The minimum absolute atomic E-state index is 0.137. The number of rotatable bonds is 8. The van der Waals surface area contributed by atoms with Gasteiger partial charge in [0.2, 0.25) is 0 Å². The number of hydrogen-bond acceptors (Lipinski definition) is 3. The Bertz CT molecular complexity index is 392. The van der Waals surface area contributed by atoms with Crippen molar-refractivity contribution in [1.29, 1.82) is 0 Å². The third-order valence-corrected chi connectivity index (χ3v) is 2.78. The summed E-state index contributed by atoms with van der Waals surface area (Å²) in [7, 11) is 0. The topological polar surface area (TPSA) is 66.6 Å². The molecule has 1 aromatic carbocycles. The molecule has 4 nitrogen and oxygen atoms in total. The van der Waals surface area contributed by atoms with Gasteiger partial charge < -0.3 is 15.7 Å². The largest absolute Gasteiger partial charge is 0.480 e. The van der Waals surface area contributed by atoms with E-state index in [2.05, 4.69) is 0 Å². The predicted molar refractivity (Wildman–Crippen MR) is 69.9 cm³/mol. The molecule has 1 atom stereocenters. The molecule has 0 saturated carbocycles. The first-order chi connectivity index (χ1) is 9.08. The summed E-state index contributed by atoms with van der Waals surface area (Å²) < 4.78 is 24.7. The van der Waals surface area contributed by atoms with E-state index in [0.717, 1.165) is 5.56 Å². The van der Waals surface area contributed by atoms with Gasteiger partial charge >= 0.3 is 5.97 Å². The molecule has 1 aromatic rings. The fraction of sp³-hybridized carbons (Fsp3) is 0.462. The van der Waals surface area contributed by atoms with Crippen molar-refractivity contribution in [2.45, 2.75) is 12.5 Å². The number of hydrogen-bond donors (Lipinski definition) is 2. The quantitative estimate of drug-likeness (QED) is 0.750. The molecule has 6 heteroatoms. The molecule has 0 aliphatic carbocycles. The van der Waals surface area contributed by atoms with E-state index >= 15 is 0 Å². The summed E-state index contributed by atoms with van der Waals surface area (Å²) in [6, 6.07) is 5.94. The van der Waals surface area contributed by atoms with Gasteiger partial charge in [0.1, 0.15) is 19.4 Å². The van der Waals surface area contributed by atoms with Gasteiger partial charge in [0.05, 0.1) is 0 Å². The van der Waals surface area contributed by atoms with Crippen LogP contribution >= 0.6 is 0 Å². The van der Waals surface area contributed by atoms with Crippen molar-refractivity contribution in [3.05, 3.63) is 29.8 Å². The van der Waals surface area contributed by atoms with Crippen molar-refractivity contribution in [3.8, 4) is 0 Å². The molecule has 3 N–H and O–H groups in total. The molecule has 0 saturated heterocycles. The van der Waals surface area contributed by atoms with E-state index in [4.69, 9.17) is 10.8 Å². The normalized spacial score (nSPS) is 12.2. The second-order valence-corrected chi connectivity index (χ2v) is 4.18. The first-order valence-corrected chi connectivity index (χ1v) is 6.02. The van der Waals surface area contributed by atoms with E-state index in [9.17, 15) is 13.6 Å². The lowest BCUT2D eigenvalue weighted by Crippen LogP contribution is -2.32. The molecule has 0 aliphatic rings. The summed E-state index contributed by atoms with van der Waals surface area (Å²) in [5.74, 6) is -1.06. The molecule has 19 heavy (non-hydrogen) atoms. The number of carbonyl (C=O) groups is 1. The van der Waals surface area contributed by atoms with Crippen LogP contribution in [0.3, 0.4) is 0 Å². The summed E-state index contributed by atoms with van der Waals surface area (Å²) >= 11 is 0. The van der Waals surface area contributed by atoms with Crippen molar-refractivity contribution in [2.24, 2.45) is 5.73 Å². The van der Waals surface area contributed by atoms with E-state index in [0.29, 0.717) is 5.69 Å². The van der Waals surface area contributed by atoms with Crippen LogP contribution < -0.4 is 10.6 Å². The van der Waals surface area contributed by atoms with Gasteiger partial charge in [-0.25, -0.2) is 8.78 Å². The van der Waals surface area contributed by atoms with Gasteiger partial charge in [0, 0.05) is 18.8 Å². The van der Waals surface area contributed by atoms with E-state index in [1.807, 2.05) is 0 Å². The maximum absolute atomic E-state index is 12.3. The van der Waals surface area contributed by atoms with Crippen molar-refractivity contribution in [2.75, 3.05) is 31.3 Å². The molecular weight excluding hydrogens is 254 g/mol. The van der Waals surface area contributed by atoms with Gasteiger partial charge in [-0.1, -0.05) is 12.1 Å². The highest BCUT2D eigenvalue weighted by atomic mass is 19.1. The first-order valence-electron chi connectivity index (χ1n) is 6.02. The molecule has 0 fully saturated rings. The third kappa shape index (κ3) is 4.82. The third-order valence-electron chi connectivity index (χ3n) is 2.78. The van der Waals surface area contributed by atoms with E-state index in [1.165, 1.54) is 0 Å². The van der Waals surface area contributed by atoms with Crippen LogP contribution in [-0.4, -0.2) is 43.6 Å². The SMILES string of the molecule is NC(Cc1ccc(N(CCF)CCF)cc1)C(=O)O. The standard InChI is InChI=1S/C13H18F2N2O2/c14-5-7-17(8-6-15)11-3-1-10(2-4-11)9-12(16)13(18)19/h1-4,12H,5-9,16H2,(H,18,19). The lowest BCUT2D eigenvalue weighted by molar-refractivity contribution is -0.138. The molecule has 0 radical (unpaired) electrons. The zero-order valence-corrected chi connectivity index (χ0v) is 10.6. The van der Waals surface area contributed by atoms with Crippen LogP contribution in [0.2, 0.25) is 0 Å². The van der Waals surface area contributed by atoms with Crippen LogP contribution in [0.5, 0.6) is 0 Å². The number of carboxylic acids is 1. The fourth-order valence-electron chi connectivity index (χ4n) is 1.76. The molecule has 106 valence electrons. The molecule has 1 unspecified atom stereocenters. The van der Waals surface area contributed by atoms with Crippen LogP contribution in [0.1, 0.15) is 5.56 Å². The van der Waals surface area contributed by atoms with Crippen molar-refractivity contribution < 1.29 is 18.7 Å². The summed E-state index contributed by atoms with van der Waals surface area (Å²) in [5, 5.41) is 8.71. The number of aliphatic carboxylic acids is 1. The zero-order chi connectivity index (χ0) is 14.3. The average molecular weight is 272 g/mol. The highest BCUT2D eigenvalue weighted by Gasteiger charge is 2.12. The molecular formula is C13H18F2N2O2. The van der Waals surface area contributed by atoms with Gasteiger partial charge in [0.15, 0.2) is 0 Å². The second-order valence-electron chi connectivity index (χ2n) is 4.18. The number of nitrogens with two attached hydrogens (primary N) is 1. The molecule has 0 spiro atoms. The Morgan fingerprint density at radius 2 is 1.74 bits per heavy atom. The van der Waals surface area contributed by atoms with Gasteiger partial charge in [-0.05, 0) is 24.1 Å². The Kier molecular flexibility index (Phi) is 6.21. The maximum Gasteiger partial charge on any atom is 0.320 e. The first kappa shape index (κ1) is 15.4. The summed E-state index contributed by atoms with van der Waals surface area (Å²) in [6.07, 6.45) is 0.224. The number of alkyl halides is 2. The minimum Gasteiger partial charge on any atom is -0.480 e. The molecule has 0 amide bonds. The molecule has 0 aliphatic heterocycles. The van der Waals surface area contributed by atoms with Gasteiger partial charge in [0.25, 0.3) is 0 Å². The van der Waals surface area contributed by atoms with Crippen molar-refractivity contribution >= 4 is 11.7 Å². The van der Waals surface area contributed by atoms with E-state index in [-0.39, 0.29) is 19.5 Å². The smallest absolute Gasteiger partial charge is 0.320 e. The monoisotopic (exact) mass is 272 g/mol. The van der Waals surface area contributed by atoms with Crippen molar-refractivity contribution in [3.63, 3.8) is 0 Å². The van der Waals surface area contributed by atoms with Crippen LogP contribution in [0.15, 0.2) is 24.3 Å². The minimum atomic E-state index is -1.06. The molecule has 0 heterocycles. The zero-order valence-electron chi connectivity index (χ0n) is 10.6. The number of halogens is 2. The lowest BCUT2D eigenvalue weighted by Gasteiger charge is -2.22. The molecule has 1 rings (SSSR count). The number of benzene rings is 1. The van der Waals surface area contributed by atoms with Gasteiger partial charge in [-0.3, -0.25) is 4.79 Å². The number of carboxylic acid groups (broad SMARTS) is 1. The average Bonchev–Trinajstić information content (AvgIpc) is 2.39. The maximum atomic E-state index is 12.3. The highest BCUT2D eigenvalue weighted by molar-refractivity contribution is 5.73. The number of nitrogens with zero attached hydrogens (tertiary/aromatic N) is 1. The Labute approximate surface area is 110 Å². The Balaban J connectivity index is 2.71. The van der Waals surface area contributed by atoms with Crippen LogP contribution in [-0.2, 0) is 11.2 Å². The highest BCUT2D eigenvalue weighted by Crippen LogP contribution is 2.16. The van der Waals surface area contributed by atoms with Gasteiger partial charge in [-0.15, -0.1) is 0 Å². The Morgan fingerprint density at radius 1 is 1.21 bits per heavy atom. The Hall–Kier alpha value is -1.69. The summed E-state index contributed by atoms with van der Waals surface area (Å²) in [6.45, 7) is -0.826. The summed E-state index contributed by atoms with van der Waals surface area (Å²) in [5.41, 5.74) is 6.92.